The molecule has 1 aromatic heterocycles. The maximum absolute atomic E-state index is 12.7. The van der Waals surface area contributed by atoms with Gasteiger partial charge in [-0.3, -0.25) is 9.10 Å². The molecule has 0 aliphatic rings. The third-order valence-corrected chi connectivity index (χ3v) is 7.48. The second kappa shape index (κ2) is 9.33. The van der Waals surface area contributed by atoms with Crippen LogP contribution < -0.4 is 9.62 Å². The molecular weight excluding hydrogens is 454 g/mol. The maximum atomic E-state index is 12.7. The van der Waals surface area contributed by atoms with Crippen molar-refractivity contribution in [2.45, 2.75) is 20.3 Å². The van der Waals surface area contributed by atoms with Crippen LogP contribution in [0.15, 0.2) is 66.7 Å². The van der Waals surface area contributed by atoms with Gasteiger partial charge in [-0.1, -0.05) is 31.2 Å². The van der Waals surface area contributed by atoms with Crippen LogP contribution in [-0.4, -0.2) is 32.1 Å². The summed E-state index contributed by atoms with van der Waals surface area (Å²) in [5.41, 5.74) is 5.11. The standard InChI is InChI=1S/C25H25N3O3S2/c1-4-18-7-5-6-8-22(18)28(33(3,30)31)16-24(29)26-20-12-10-19(11-13-20)25-27-21-14-9-17(2)15-23(21)32-25/h5-15H,4,16H2,1-3H3,(H,26,29). The van der Waals surface area contributed by atoms with E-state index in [1.165, 1.54) is 5.56 Å². The molecule has 3 aromatic carbocycles. The molecule has 1 heterocycles. The van der Waals surface area contributed by atoms with Gasteiger partial charge in [0.15, 0.2) is 0 Å². The molecule has 0 unspecified atom stereocenters. The van der Waals surface area contributed by atoms with E-state index >= 15 is 0 Å². The monoisotopic (exact) mass is 479 g/mol. The molecule has 0 bridgehead atoms. The van der Waals surface area contributed by atoms with Crippen molar-refractivity contribution in [2.24, 2.45) is 0 Å². The van der Waals surface area contributed by atoms with E-state index in [9.17, 15) is 13.2 Å². The number of carbonyl (C=O) groups excluding carboxylic acids is 1. The Labute approximate surface area is 198 Å². The number of benzene rings is 3. The van der Waals surface area contributed by atoms with Crippen LogP contribution in [0.3, 0.4) is 0 Å². The number of thiazole rings is 1. The molecule has 33 heavy (non-hydrogen) atoms. The smallest absolute Gasteiger partial charge is 0.245 e. The number of anilines is 2. The molecule has 0 atom stereocenters. The highest BCUT2D eigenvalue weighted by molar-refractivity contribution is 7.92. The molecule has 1 amide bonds. The van der Waals surface area contributed by atoms with Crippen LogP contribution in [0.4, 0.5) is 11.4 Å². The number of aromatic nitrogens is 1. The molecule has 0 saturated heterocycles. The third kappa shape index (κ3) is 5.23. The second-order valence-electron chi connectivity index (χ2n) is 7.87. The van der Waals surface area contributed by atoms with Crippen molar-refractivity contribution >= 4 is 48.9 Å². The predicted molar refractivity (Wildman–Crippen MR) is 136 cm³/mol. The van der Waals surface area contributed by atoms with Crippen molar-refractivity contribution in [1.82, 2.24) is 4.98 Å². The summed E-state index contributed by atoms with van der Waals surface area (Å²) in [7, 11) is -3.63. The molecule has 1 N–H and O–H groups in total. The van der Waals surface area contributed by atoms with Gasteiger partial charge < -0.3 is 5.32 Å². The summed E-state index contributed by atoms with van der Waals surface area (Å²) in [6.45, 7) is 3.71. The number of para-hydroxylation sites is 1. The first-order valence-corrected chi connectivity index (χ1v) is 13.2. The van der Waals surface area contributed by atoms with E-state index in [1.54, 1.807) is 35.6 Å². The van der Waals surface area contributed by atoms with Crippen LogP contribution in [0.25, 0.3) is 20.8 Å². The number of fused-ring (bicyclic) bond motifs is 1. The van der Waals surface area contributed by atoms with Gasteiger partial charge >= 0.3 is 0 Å². The Balaban J connectivity index is 1.50. The Morgan fingerprint density at radius 1 is 1.06 bits per heavy atom. The SMILES string of the molecule is CCc1ccccc1N(CC(=O)Nc1ccc(-c2nc3ccc(C)cc3s2)cc1)S(C)(=O)=O. The van der Waals surface area contributed by atoms with Crippen LogP contribution in [0, 0.1) is 6.92 Å². The van der Waals surface area contributed by atoms with Crippen LogP contribution in [0.5, 0.6) is 0 Å². The fourth-order valence-corrected chi connectivity index (χ4v) is 5.57. The zero-order valence-electron chi connectivity index (χ0n) is 18.7. The van der Waals surface area contributed by atoms with E-state index in [0.29, 0.717) is 17.8 Å². The summed E-state index contributed by atoms with van der Waals surface area (Å²) in [4.78, 5) is 17.4. The molecule has 8 heteroatoms. The normalized spacial score (nSPS) is 11.5. The quantitative estimate of drug-likeness (QED) is 0.393. The number of sulfonamides is 1. The lowest BCUT2D eigenvalue weighted by atomic mass is 10.1. The number of rotatable bonds is 7. The van der Waals surface area contributed by atoms with Crippen molar-refractivity contribution in [1.29, 1.82) is 0 Å². The summed E-state index contributed by atoms with van der Waals surface area (Å²) in [6.07, 6.45) is 1.78. The zero-order valence-corrected chi connectivity index (χ0v) is 20.3. The van der Waals surface area contributed by atoms with Crippen molar-refractivity contribution in [3.05, 3.63) is 77.9 Å². The molecule has 0 saturated carbocycles. The average Bonchev–Trinajstić information content (AvgIpc) is 3.20. The molecule has 4 rings (SSSR count). The molecule has 0 radical (unpaired) electrons. The summed E-state index contributed by atoms with van der Waals surface area (Å²) < 4.78 is 27.1. The van der Waals surface area contributed by atoms with Crippen LogP contribution in [0.1, 0.15) is 18.1 Å². The lowest BCUT2D eigenvalue weighted by Gasteiger charge is -2.24. The Morgan fingerprint density at radius 3 is 2.48 bits per heavy atom. The van der Waals surface area contributed by atoms with Crippen molar-refractivity contribution in [2.75, 3.05) is 22.4 Å². The highest BCUT2D eigenvalue weighted by Crippen LogP contribution is 2.31. The van der Waals surface area contributed by atoms with E-state index < -0.39 is 15.9 Å². The first-order chi connectivity index (χ1) is 15.7. The molecule has 0 spiro atoms. The van der Waals surface area contributed by atoms with Gasteiger partial charge in [-0.05, 0) is 66.9 Å². The van der Waals surface area contributed by atoms with Gasteiger partial charge in [0.25, 0.3) is 0 Å². The molecular formula is C25H25N3O3S2. The Morgan fingerprint density at radius 2 is 1.79 bits per heavy atom. The Kier molecular flexibility index (Phi) is 6.49. The lowest BCUT2D eigenvalue weighted by molar-refractivity contribution is -0.114. The van der Waals surface area contributed by atoms with Gasteiger partial charge in [-0.2, -0.15) is 0 Å². The van der Waals surface area contributed by atoms with Crippen LogP contribution in [0.2, 0.25) is 0 Å². The number of amides is 1. The molecule has 0 fully saturated rings. The average molecular weight is 480 g/mol. The zero-order chi connectivity index (χ0) is 23.6. The molecule has 4 aromatic rings. The first kappa shape index (κ1) is 22.9. The van der Waals surface area contributed by atoms with Crippen molar-refractivity contribution in [3.8, 4) is 10.6 Å². The van der Waals surface area contributed by atoms with Crippen LogP contribution in [-0.2, 0) is 21.2 Å². The number of aryl methyl sites for hydroxylation is 2. The minimum atomic E-state index is -3.63. The van der Waals surface area contributed by atoms with Crippen LogP contribution >= 0.6 is 11.3 Å². The predicted octanol–water partition coefficient (Wildman–Crippen LogP) is 5.24. The van der Waals surface area contributed by atoms with Gasteiger partial charge in [0.2, 0.25) is 15.9 Å². The second-order valence-corrected chi connectivity index (χ2v) is 10.8. The number of hydrogen-bond acceptors (Lipinski definition) is 5. The van der Waals surface area contributed by atoms with Gasteiger partial charge in [-0.15, -0.1) is 11.3 Å². The molecule has 0 aliphatic heterocycles. The number of hydrogen-bond donors (Lipinski definition) is 1. The maximum Gasteiger partial charge on any atom is 0.245 e. The Bertz CT molecular complexity index is 1410. The number of nitrogens with zero attached hydrogens (tertiary/aromatic N) is 2. The highest BCUT2D eigenvalue weighted by Gasteiger charge is 2.22. The lowest BCUT2D eigenvalue weighted by Crippen LogP contribution is -2.38. The third-order valence-electron chi connectivity index (χ3n) is 5.29. The molecule has 170 valence electrons. The van der Waals surface area contributed by atoms with E-state index in [4.69, 9.17) is 0 Å². The van der Waals surface area contributed by atoms with E-state index in [2.05, 4.69) is 23.3 Å². The fraction of sp³-hybridized carbons (Fsp3) is 0.200. The van der Waals surface area contributed by atoms with E-state index in [1.807, 2.05) is 43.3 Å². The topological polar surface area (TPSA) is 79.4 Å². The van der Waals surface area contributed by atoms with Gasteiger partial charge in [0.05, 0.1) is 22.2 Å². The highest BCUT2D eigenvalue weighted by atomic mass is 32.2. The summed E-state index contributed by atoms with van der Waals surface area (Å²) in [6, 6.07) is 20.8. The number of carbonyl (C=O) groups is 1. The summed E-state index contributed by atoms with van der Waals surface area (Å²) in [5, 5.41) is 3.71. The largest absolute Gasteiger partial charge is 0.325 e. The molecule has 6 nitrogen and oxygen atoms in total. The first-order valence-electron chi connectivity index (χ1n) is 10.6. The minimum Gasteiger partial charge on any atom is -0.325 e. The van der Waals surface area contributed by atoms with Gasteiger partial charge in [0, 0.05) is 11.3 Å². The Hall–Kier alpha value is -3.23. The number of nitrogens with one attached hydrogen (secondary N) is 1. The van der Waals surface area contributed by atoms with Crippen molar-refractivity contribution in [3.63, 3.8) is 0 Å². The molecule has 0 aliphatic carbocycles. The fourth-order valence-electron chi connectivity index (χ4n) is 3.62. The summed E-state index contributed by atoms with van der Waals surface area (Å²) in [5.74, 6) is -0.408. The van der Waals surface area contributed by atoms with Gasteiger partial charge in [-0.25, -0.2) is 13.4 Å². The minimum absolute atomic E-state index is 0.297. The van der Waals surface area contributed by atoms with Crippen molar-refractivity contribution < 1.29 is 13.2 Å². The summed E-state index contributed by atoms with van der Waals surface area (Å²) >= 11 is 1.62. The van der Waals surface area contributed by atoms with E-state index in [0.717, 1.165) is 36.9 Å². The van der Waals surface area contributed by atoms with Gasteiger partial charge in [0.1, 0.15) is 11.6 Å². The van der Waals surface area contributed by atoms with E-state index in [-0.39, 0.29) is 6.54 Å².